The summed E-state index contributed by atoms with van der Waals surface area (Å²) in [5.74, 6) is -2.08. The van der Waals surface area contributed by atoms with Crippen molar-refractivity contribution in [3.8, 4) is 0 Å². The van der Waals surface area contributed by atoms with E-state index in [9.17, 15) is 19.2 Å². The molecule has 1 amide bonds. The average molecular weight is 285 g/mol. The van der Waals surface area contributed by atoms with E-state index in [4.69, 9.17) is 9.84 Å². The molecule has 1 heterocycles. The lowest BCUT2D eigenvalue weighted by molar-refractivity contribution is -0.139. The maximum atomic E-state index is 11.8. The summed E-state index contributed by atoms with van der Waals surface area (Å²) >= 11 is 0. The summed E-state index contributed by atoms with van der Waals surface area (Å²) in [5, 5.41) is 11.2. The number of methoxy groups -OCH3 is 1. The summed E-state index contributed by atoms with van der Waals surface area (Å²) in [5.41, 5.74) is -1.99. The van der Waals surface area contributed by atoms with Gasteiger partial charge in [0.1, 0.15) is 11.6 Å². The van der Waals surface area contributed by atoms with Crippen molar-refractivity contribution in [1.29, 1.82) is 0 Å². The molecule has 0 aliphatic carbocycles. The van der Waals surface area contributed by atoms with Gasteiger partial charge in [-0.15, -0.1) is 0 Å². The number of carboxylic acid groups (broad SMARTS) is 1. The number of H-pyrrole nitrogens is 2. The van der Waals surface area contributed by atoms with Gasteiger partial charge in [0.05, 0.1) is 0 Å². The Morgan fingerprint density at radius 2 is 2.15 bits per heavy atom. The minimum atomic E-state index is -1.21. The van der Waals surface area contributed by atoms with Gasteiger partial charge in [0, 0.05) is 19.9 Å². The lowest BCUT2D eigenvalue weighted by atomic mass is 10.1. The predicted molar refractivity (Wildman–Crippen MR) is 67.7 cm³/mol. The molecule has 9 heteroatoms. The third-order valence-corrected chi connectivity index (χ3v) is 2.51. The summed E-state index contributed by atoms with van der Waals surface area (Å²) < 4.78 is 4.79. The van der Waals surface area contributed by atoms with Gasteiger partial charge in [-0.05, 0) is 12.8 Å². The highest BCUT2D eigenvalue weighted by Gasteiger charge is 2.21. The second kappa shape index (κ2) is 7.24. The molecular weight excluding hydrogens is 270 g/mol. The average Bonchev–Trinajstić information content (AvgIpc) is 2.37. The summed E-state index contributed by atoms with van der Waals surface area (Å²) in [6.07, 6.45) is 1.54. The van der Waals surface area contributed by atoms with Crippen molar-refractivity contribution >= 4 is 11.9 Å². The van der Waals surface area contributed by atoms with Crippen LogP contribution in [0.2, 0.25) is 0 Å². The molecule has 0 radical (unpaired) electrons. The monoisotopic (exact) mass is 285 g/mol. The molecule has 1 aromatic rings. The molecule has 0 saturated carbocycles. The Morgan fingerprint density at radius 3 is 2.70 bits per heavy atom. The maximum Gasteiger partial charge on any atom is 0.326 e. The van der Waals surface area contributed by atoms with Gasteiger partial charge in [0.25, 0.3) is 11.5 Å². The van der Waals surface area contributed by atoms with E-state index in [-0.39, 0.29) is 12.0 Å². The number of amides is 1. The minimum absolute atomic E-state index is 0.163. The zero-order valence-corrected chi connectivity index (χ0v) is 10.8. The fraction of sp³-hybridized carbons (Fsp3) is 0.455. The number of carbonyl (C=O) groups is 2. The smallest absolute Gasteiger partial charge is 0.326 e. The van der Waals surface area contributed by atoms with Crippen molar-refractivity contribution < 1.29 is 19.4 Å². The molecule has 20 heavy (non-hydrogen) atoms. The molecule has 0 bridgehead atoms. The number of carbonyl (C=O) groups excluding carboxylic acids is 1. The number of ether oxygens (including phenoxy) is 1. The fourth-order valence-corrected chi connectivity index (χ4v) is 1.50. The second-order valence-corrected chi connectivity index (χ2v) is 3.98. The van der Waals surface area contributed by atoms with E-state index >= 15 is 0 Å². The van der Waals surface area contributed by atoms with Crippen LogP contribution in [0.25, 0.3) is 0 Å². The highest BCUT2D eigenvalue weighted by molar-refractivity contribution is 5.95. The molecule has 1 atom stereocenters. The second-order valence-electron chi connectivity index (χ2n) is 3.98. The lowest BCUT2D eigenvalue weighted by Crippen LogP contribution is -2.43. The summed E-state index contributed by atoms with van der Waals surface area (Å²) in [7, 11) is 1.48. The fourth-order valence-electron chi connectivity index (χ4n) is 1.50. The van der Waals surface area contributed by atoms with E-state index in [1.807, 2.05) is 4.98 Å². The van der Waals surface area contributed by atoms with Crippen LogP contribution in [0.1, 0.15) is 23.2 Å². The van der Waals surface area contributed by atoms with E-state index in [0.29, 0.717) is 13.0 Å². The Hall–Kier alpha value is -2.42. The number of carboxylic acids is 1. The maximum absolute atomic E-state index is 11.8. The quantitative estimate of drug-likeness (QED) is 0.457. The van der Waals surface area contributed by atoms with Crippen LogP contribution < -0.4 is 16.6 Å². The van der Waals surface area contributed by atoms with Crippen molar-refractivity contribution in [3.63, 3.8) is 0 Å². The van der Waals surface area contributed by atoms with Gasteiger partial charge in [0.2, 0.25) is 0 Å². The summed E-state index contributed by atoms with van der Waals surface area (Å²) in [6.45, 7) is 0.360. The molecule has 0 fully saturated rings. The Kier molecular flexibility index (Phi) is 5.66. The molecule has 0 aliphatic heterocycles. The number of aromatic amines is 2. The van der Waals surface area contributed by atoms with Crippen LogP contribution in [0.5, 0.6) is 0 Å². The molecule has 1 rings (SSSR count). The van der Waals surface area contributed by atoms with Crippen LogP contribution in [0.3, 0.4) is 0 Å². The summed E-state index contributed by atoms with van der Waals surface area (Å²) in [4.78, 5) is 49.0. The Balaban J connectivity index is 2.77. The Morgan fingerprint density at radius 1 is 1.45 bits per heavy atom. The van der Waals surface area contributed by atoms with Gasteiger partial charge in [-0.1, -0.05) is 0 Å². The van der Waals surface area contributed by atoms with Gasteiger partial charge < -0.3 is 20.1 Å². The SMILES string of the molecule is COCCCC(NC(=O)c1c[nH]c(=O)[nH]c1=O)C(=O)O. The Labute approximate surface area is 113 Å². The van der Waals surface area contributed by atoms with Crippen molar-refractivity contribution in [2.45, 2.75) is 18.9 Å². The molecule has 0 aromatic carbocycles. The van der Waals surface area contributed by atoms with Gasteiger partial charge >= 0.3 is 11.7 Å². The third kappa shape index (κ3) is 4.35. The first kappa shape index (κ1) is 15.6. The van der Waals surface area contributed by atoms with Crippen molar-refractivity contribution in [2.75, 3.05) is 13.7 Å². The van der Waals surface area contributed by atoms with Crippen LogP contribution in [-0.4, -0.2) is 46.7 Å². The first-order valence-corrected chi connectivity index (χ1v) is 5.80. The van der Waals surface area contributed by atoms with Gasteiger partial charge in [-0.2, -0.15) is 0 Å². The van der Waals surface area contributed by atoms with Gasteiger partial charge in [0.15, 0.2) is 0 Å². The van der Waals surface area contributed by atoms with E-state index in [0.717, 1.165) is 6.20 Å². The largest absolute Gasteiger partial charge is 0.480 e. The van der Waals surface area contributed by atoms with E-state index in [1.165, 1.54) is 7.11 Å². The van der Waals surface area contributed by atoms with E-state index in [2.05, 4.69) is 10.3 Å². The van der Waals surface area contributed by atoms with Crippen LogP contribution in [0.15, 0.2) is 15.8 Å². The molecule has 0 saturated heterocycles. The number of aliphatic carboxylic acids is 1. The van der Waals surface area contributed by atoms with Gasteiger partial charge in [-0.3, -0.25) is 14.6 Å². The third-order valence-electron chi connectivity index (χ3n) is 2.51. The topological polar surface area (TPSA) is 141 Å². The number of nitrogens with one attached hydrogen (secondary N) is 3. The molecule has 110 valence electrons. The van der Waals surface area contributed by atoms with Gasteiger partial charge in [-0.25, -0.2) is 9.59 Å². The molecule has 0 aliphatic rings. The molecule has 0 spiro atoms. The normalized spacial score (nSPS) is 11.8. The van der Waals surface area contributed by atoms with Crippen LogP contribution >= 0.6 is 0 Å². The highest BCUT2D eigenvalue weighted by atomic mass is 16.5. The van der Waals surface area contributed by atoms with Crippen molar-refractivity contribution in [2.24, 2.45) is 0 Å². The number of aromatic nitrogens is 2. The van der Waals surface area contributed by atoms with Crippen LogP contribution in [0, 0.1) is 0 Å². The molecule has 9 nitrogen and oxygen atoms in total. The summed E-state index contributed by atoms with van der Waals surface area (Å²) in [6, 6.07) is -1.14. The van der Waals surface area contributed by atoms with E-state index < -0.39 is 29.2 Å². The molecule has 1 unspecified atom stereocenters. The standard InChI is InChI=1S/C11H15N3O6/c1-20-4-2-3-7(10(17)18)13-8(15)6-5-12-11(19)14-9(6)16/h5,7H,2-4H2,1H3,(H,13,15)(H,17,18)(H2,12,14,16,19). The molecule has 1 aromatic heterocycles. The number of rotatable bonds is 7. The predicted octanol–water partition coefficient (Wildman–Crippen LogP) is -1.33. The van der Waals surface area contributed by atoms with E-state index in [1.54, 1.807) is 0 Å². The first-order chi connectivity index (χ1) is 9.45. The van der Waals surface area contributed by atoms with Crippen molar-refractivity contribution in [1.82, 2.24) is 15.3 Å². The zero-order chi connectivity index (χ0) is 15.1. The number of hydrogen-bond donors (Lipinski definition) is 4. The lowest BCUT2D eigenvalue weighted by Gasteiger charge is -2.13. The van der Waals surface area contributed by atoms with Crippen molar-refractivity contribution in [3.05, 3.63) is 32.6 Å². The number of hydrogen-bond acceptors (Lipinski definition) is 5. The van der Waals surface area contributed by atoms with Crippen LogP contribution in [0.4, 0.5) is 0 Å². The highest BCUT2D eigenvalue weighted by Crippen LogP contribution is 1.99. The van der Waals surface area contributed by atoms with Crippen LogP contribution in [-0.2, 0) is 9.53 Å². The first-order valence-electron chi connectivity index (χ1n) is 5.80. The minimum Gasteiger partial charge on any atom is -0.480 e. The molecule has 4 N–H and O–H groups in total. The molecular formula is C11H15N3O6. The Bertz CT molecular complexity index is 590. The zero-order valence-electron chi connectivity index (χ0n) is 10.8.